The maximum atomic E-state index is 5.80. The average Bonchev–Trinajstić information content (AvgIpc) is 2.81. The first kappa shape index (κ1) is 11.0. The Hall–Kier alpha value is -2.07. The number of halogens is 1. The molecule has 0 saturated heterocycles. The summed E-state index contributed by atoms with van der Waals surface area (Å²) in [7, 11) is 0. The van der Waals surface area contributed by atoms with E-state index >= 15 is 0 Å². The van der Waals surface area contributed by atoms with Crippen LogP contribution in [0.3, 0.4) is 0 Å². The summed E-state index contributed by atoms with van der Waals surface area (Å²) in [5.74, 6) is 1.44. The van der Waals surface area contributed by atoms with Gasteiger partial charge in [-0.2, -0.15) is 0 Å². The Bertz CT molecular complexity index is 630. The van der Waals surface area contributed by atoms with Gasteiger partial charge in [-0.3, -0.25) is 4.40 Å². The molecule has 3 aromatic rings. The summed E-state index contributed by atoms with van der Waals surface area (Å²) in [4.78, 5) is 8.49. The lowest BCUT2D eigenvalue weighted by Gasteiger charge is -2.03. The van der Waals surface area contributed by atoms with Crippen LogP contribution in [0.5, 0.6) is 5.75 Å². The first-order valence-electron chi connectivity index (χ1n) is 5.48. The predicted molar refractivity (Wildman–Crippen MR) is 68.8 cm³/mol. The molecule has 3 rings (SSSR count). The van der Waals surface area contributed by atoms with Crippen LogP contribution in [0.4, 0.5) is 0 Å². The fourth-order valence-corrected chi connectivity index (χ4v) is 1.76. The molecule has 0 bridgehead atoms. The summed E-state index contributed by atoms with van der Waals surface area (Å²) in [5, 5.41) is 0.694. The van der Waals surface area contributed by atoms with Crippen LogP contribution < -0.4 is 4.74 Å². The number of hydrogen-bond donors (Lipinski definition) is 0. The molecule has 18 heavy (non-hydrogen) atoms. The van der Waals surface area contributed by atoms with E-state index in [4.69, 9.17) is 16.3 Å². The van der Waals surface area contributed by atoms with Crippen LogP contribution in [0.15, 0.2) is 48.9 Å². The fourth-order valence-electron chi connectivity index (χ4n) is 1.64. The van der Waals surface area contributed by atoms with E-state index in [-0.39, 0.29) is 0 Å². The van der Waals surface area contributed by atoms with Gasteiger partial charge in [0, 0.05) is 23.6 Å². The molecule has 1 aromatic carbocycles. The number of rotatable bonds is 3. The van der Waals surface area contributed by atoms with Gasteiger partial charge >= 0.3 is 0 Å². The third-order valence-corrected chi connectivity index (χ3v) is 2.74. The summed E-state index contributed by atoms with van der Waals surface area (Å²) in [6.07, 6.45) is 5.52. The van der Waals surface area contributed by atoms with Gasteiger partial charge in [0.1, 0.15) is 12.4 Å². The van der Waals surface area contributed by atoms with Crippen LogP contribution in [0, 0.1) is 0 Å². The van der Waals surface area contributed by atoms with Gasteiger partial charge in [0.05, 0.1) is 5.69 Å². The van der Waals surface area contributed by atoms with E-state index in [1.165, 1.54) is 0 Å². The summed E-state index contributed by atoms with van der Waals surface area (Å²) < 4.78 is 7.48. The molecule has 90 valence electrons. The van der Waals surface area contributed by atoms with Crippen molar-refractivity contribution in [3.63, 3.8) is 0 Å². The van der Waals surface area contributed by atoms with Crippen LogP contribution in [0.2, 0.25) is 5.02 Å². The SMILES string of the molecule is Clc1ccc(OCc2cn3cccnc3n2)cc1. The van der Waals surface area contributed by atoms with Crippen molar-refractivity contribution in [2.75, 3.05) is 0 Å². The molecule has 0 unspecified atom stereocenters. The van der Waals surface area contributed by atoms with Crippen LogP contribution in [-0.4, -0.2) is 14.4 Å². The molecule has 0 aliphatic heterocycles. The summed E-state index contributed by atoms with van der Waals surface area (Å²) in [6.45, 7) is 0.408. The second-order valence-electron chi connectivity index (χ2n) is 3.80. The Morgan fingerprint density at radius 3 is 2.83 bits per heavy atom. The van der Waals surface area contributed by atoms with Gasteiger partial charge < -0.3 is 4.74 Å². The van der Waals surface area contributed by atoms with Gasteiger partial charge in [0.25, 0.3) is 0 Å². The van der Waals surface area contributed by atoms with Crippen molar-refractivity contribution in [2.45, 2.75) is 6.61 Å². The van der Waals surface area contributed by atoms with Gasteiger partial charge in [-0.15, -0.1) is 0 Å². The van der Waals surface area contributed by atoms with Crippen molar-refractivity contribution in [1.82, 2.24) is 14.4 Å². The summed E-state index contributed by atoms with van der Waals surface area (Å²) >= 11 is 5.80. The molecule has 0 saturated carbocycles. The maximum Gasteiger partial charge on any atom is 0.234 e. The number of nitrogens with zero attached hydrogens (tertiary/aromatic N) is 3. The molecule has 5 heteroatoms. The zero-order chi connectivity index (χ0) is 12.4. The molecule has 0 fully saturated rings. The topological polar surface area (TPSA) is 39.4 Å². The molecule has 0 spiro atoms. The van der Waals surface area contributed by atoms with E-state index in [1.807, 2.05) is 35.0 Å². The fraction of sp³-hybridized carbons (Fsp3) is 0.0769. The van der Waals surface area contributed by atoms with E-state index in [2.05, 4.69) is 9.97 Å². The quantitative estimate of drug-likeness (QED) is 0.726. The number of benzene rings is 1. The van der Waals surface area contributed by atoms with Crippen molar-refractivity contribution < 1.29 is 4.74 Å². The van der Waals surface area contributed by atoms with Gasteiger partial charge in [-0.25, -0.2) is 9.97 Å². The lowest BCUT2D eigenvalue weighted by Crippen LogP contribution is -1.95. The summed E-state index contributed by atoms with van der Waals surface area (Å²) in [6, 6.07) is 9.11. The highest BCUT2D eigenvalue weighted by atomic mass is 35.5. The lowest BCUT2D eigenvalue weighted by molar-refractivity contribution is 0.302. The average molecular weight is 260 g/mol. The molecule has 0 aliphatic carbocycles. The van der Waals surface area contributed by atoms with Crippen LogP contribution in [0.25, 0.3) is 5.78 Å². The Labute approximate surface area is 109 Å². The van der Waals surface area contributed by atoms with E-state index in [9.17, 15) is 0 Å². The molecule has 0 atom stereocenters. The Morgan fingerprint density at radius 2 is 2.06 bits per heavy atom. The van der Waals surface area contributed by atoms with E-state index in [0.717, 1.165) is 11.4 Å². The van der Waals surface area contributed by atoms with Gasteiger partial charge in [-0.05, 0) is 30.3 Å². The first-order chi connectivity index (χ1) is 8.81. The molecule has 0 radical (unpaired) electrons. The number of fused-ring (bicyclic) bond motifs is 1. The zero-order valence-corrected chi connectivity index (χ0v) is 10.2. The Kier molecular flexibility index (Phi) is 2.86. The minimum Gasteiger partial charge on any atom is -0.487 e. The molecule has 0 aliphatic rings. The van der Waals surface area contributed by atoms with Crippen molar-refractivity contribution in [2.24, 2.45) is 0 Å². The van der Waals surface area contributed by atoms with Crippen LogP contribution in [-0.2, 0) is 6.61 Å². The molecule has 0 N–H and O–H groups in total. The zero-order valence-electron chi connectivity index (χ0n) is 9.45. The van der Waals surface area contributed by atoms with Crippen LogP contribution in [0.1, 0.15) is 5.69 Å². The normalized spacial score (nSPS) is 10.7. The molecule has 2 heterocycles. The summed E-state index contributed by atoms with van der Waals surface area (Å²) in [5.41, 5.74) is 0.837. The minimum absolute atomic E-state index is 0.408. The number of ether oxygens (including phenoxy) is 1. The van der Waals surface area contributed by atoms with Gasteiger partial charge in [-0.1, -0.05) is 11.6 Å². The highest BCUT2D eigenvalue weighted by molar-refractivity contribution is 6.30. The number of hydrogen-bond acceptors (Lipinski definition) is 3. The van der Waals surface area contributed by atoms with Crippen molar-refractivity contribution in [3.05, 3.63) is 59.6 Å². The second kappa shape index (κ2) is 4.66. The smallest absolute Gasteiger partial charge is 0.234 e. The first-order valence-corrected chi connectivity index (χ1v) is 5.86. The predicted octanol–water partition coefficient (Wildman–Crippen LogP) is 2.96. The Morgan fingerprint density at radius 1 is 1.22 bits per heavy atom. The molecular formula is C13H10ClN3O. The molecule has 0 amide bonds. The molecule has 4 nitrogen and oxygen atoms in total. The third kappa shape index (κ3) is 2.28. The Balaban J connectivity index is 1.74. The van der Waals surface area contributed by atoms with Crippen molar-refractivity contribution in [1.29, 1.82) is 0 Å². The standard InChI is InChI=1S/C13H10ClN3O/c14-10-2-4-12(5-3-10)18-9-11-8-17-7-1-6-15-13(17)16-11/h1-8H,9H2. The monoisotopic (exact) mass is 259 g/mol. The highest BCUT2D eigenvalue weighted by Gasteiger charge is 2.02. The molecular weight excluding hydrogens is 250 g/mol. The van der Waals surface area contributed by atoms with E-state index in [1.54, 1.807) is 18.3 Å². The van der Waals surface area contributed by atoms with E-state index in [0.29, 0.717) is 17.4 Å². The van der Waals surface area contributed by atoms with E-state index < -0.39 is 0 Å². The van der Waals surface area contributed by atoms with Gasteiger partial charge in [0.15, 0.2) is 0 Å². The van der Waals surface area contributed by atoms with Crippen molar-refractivity contribution in [3.8, 4) is 5.75 Å². The minimum atomic E-state index is 0.408. The highest BCUT2D eigenvalue weighted by Crippen LogP contribution is 2.16. The number of aromatic nitrogens is 3. The van der Waals surface area contributed by atoms with Gasteiger partial charge in [0.2, 0.25) is 5.78 Å². The van der Waals surface area contributed by atoms with Crippen LogP contribution >= 0.6 is 11.6 Å². The number of imidazole rings is 1. The maximum absolute atomic E-state index is 5.80. The molecule has 2 aromatic heterocycles. The van der Waals surface area contributed by atoms with Crippen molar-refractivity contribution >= 4 is 17.4 Å². The second-order valence-corrected chi connectivity index (χ2v) is 4.24. The third-order valence-electron chi connectivity index (χ3n) is 2.49. The lowest BCUT2D eigenvalue weighted by atomic mass is 10.3. The largest absolute Gasteiger partial charge is 0.487 e.